The largest absolute Gasteiger partial charge is 0.497 e. The molecular weight excluding hydrogens is 272 g/mol. The third-order valence-corrected chi connectivity index (χ3v) is 3.28. The molecule has 1 saturated heterocycles. The van der Waals surface area contributed by atoms with E-state index in [9.17, 15) is 4.79 Å². The van der Waals surface area contributed by atoms with Crippen molar-refractivity contribution in [2.45, 2.75) is 0 Å². The fourth-order valence-electron chi connectivity index (χ4n) is 2.10. The Hall–Kier alpha value is -1.79. The number of nitrogens with zero attached hydrogens (tertiary/aromatic N) is 1. The highest BCUT2D eigenvalue weighted by Gasteiger charge is 2.10. The van der Waals surface area contributed by atoms with Crippen molar-refractivity contribution in [3.8, 4) is 11.5 Å². The number of nitrogens with one attached hydrogen (secondary N) is 1. The fourth-order valence-corrected chi connectivity index (χ4v) is 2.10. The number of piperazine rings is 1. The molecule has 1 N–H and O–H groups in total. The van der Waals surface area contributed by atoms with E-state index in [-0.39, 0.29) is 12.6 Å². The highest BCUT2D eigenvalue weighted by Crippen LogP contribution is 2.18. The topological polar surface area (TPSA) is 60.0 Å². The summed E-state index contributed by atoms with van der Waals surface area (Å²) in [5.41, 5.74) is 0. The van der Waals surface area contributed by atoms with Crippen LogP contribution in [0.1, 0.15) is 0 Å². The SMILES string of the molecule is COc1cccc(OCC(=O)OCCN2CCNCC2)c1. The third-order valence-electron chi connectivity index (χ3n) is 3.28. The van der Waals surface area contributed by atoms with E-state index in [4.69, 9.17) is 14.2 Å². The van der Waals surface area contributed by atoms with Gasteiger partial charge in [-0.1, -0.05) is 6.07 Å². The molecular formula is C15H22N2O4. The molecule has 0 atom stereocenters. The maximum atomic E-state index is 11.6. The smallest absolute Gasteiger partial charge is 0.344 e. The van der Waals surface area contributed by atoms with E-state index in [1.807, 2.05) is 12.1 Å². The minimum Gasteiger partial charge on any atom is -0.497 e. The summed E-state index contributed by atoms with van der Waals surface area (Å²) < 4.78 is 15.6. The Kier molecular flexibility index (Phi) is 6.30. The molecule has 0 amide bonds. The van der Waals surface area contributed by atoms with Gasteiger partial charge in [0, 0.05) is 38.8 Å². The monoisotopic (exact) mass is 294 g/mol. The molecule has 0 unspecified atom stereocenters. The van der Waals surface area contributed by atoms with Crippen molar-refractivity contribution >= 4 is 5.97 Å². The van der Waals surface area contributed by atoms with Crippen LogP contribution < -0.4 is 14.8 Å². The molecule has 1 heterocycles. The molecule has 6 nitrogen and oxygen atoms in total. The molecule has 0 spiro atoms. The second kappa shape index (κ2) is 8.49. The van der Waals surface area contributed by atoms with Gasteiger partial charge in [-0.3, -0.25) is 4.90 Å². The first kappa shape index (κ1) is 15.6. The minimum absolute atomic E-state index is 0.0886. The molecule has 1 aliphatic rings. The van der Waals surface area contributed by atoms with Gasteiger partial charge in [-0.15, -0.1) is 0 Å². The summed E-state index contributed by atoms with van der Waals surface area (Å²) in [6.07, 6.45) is 0. The normalized spacial score (nSPS) is 15.5. The fraction of sp³-hybridized carbons (Fsp3) is 0.533. The van der Waals surface area contributed by atoms with E-state index in [1.54, 1.807) is 19.2 Å². The van der Waals surface area contributed by atoms with E-state index in [0.717, 1.165) is 32.7 Å². The van der Waals surface area contributed by atoms with E-state index in [0.29, 0.717) is 18.1 Å². The van der Waals surface area contributed by atoms with E-state index in [1.165, 1.54) is 0 Å². The van der Waals surface area contributed by atoms with Gasteiger partial charge >= 0.3 is 5.97 Å². The predicted molar refractivity (Wildman–Crippen MR) is 78.8 cm³/mol. The van der Waals surface area contributed by atoms with E-state index >= 15 is 0 Å². The molecule has 21 heavy (non-hydrogen) atoms. The maximum absolute atomic E-state index is 11.6. The van der Waals surface area contributed by atoms with Crippen LogP contribution in [0.3, 0.4) is 0 Å². The molecule has 1 aliphatic heterocycles. The van der Waals surface area contributed by atoms with Crippen molar-refractivity contribution in [3.63, 3.8) is 0 Å². The zero-order valence-electron chi connectivity index (χ0n) is 12.3. The number of ether oxygens (including phenoxy) is 3. The lowest BCUT2D eigenvalue weighted by atomic mass is 10.3. The minimum atomic E-state index is -0.354. The van der Waals surface area contributed by atoms with Gasteiger partial charge in [0.15, 0.2) is 6.61 Å². The van der Waals surface area contributed by atoms with Gasteiger partial charge in [0.05, 0.1) is 7.11 Å². The number of benzene rings is 1. The molecule has 116 valence electrons. The van der Waals surface area contributed by atoms with E-state index < -0.39 is 0 Å². The summed E-state index contributed by atoms with van der Waals surface area (Å²) in [4.78, 5) is 13.9. The highest BCUT2D eigenvalue weighted by molar-refractivity contribution is 5.71. The number of carbonyl (C=O) groups is 1. The average Bonchev–Trinajstić information content (AvgIpc) is 2.54. The molecule has 0 aliphatic carbocycles. The average molecular weight is 294 g/mol. The first-order valence-corrected chi connectivity index (χ1v) is 7.13. The Balaban J connectivity index is 1.62. The predicted octanol–water partition coefficient (Wildman–Crippen LogP) is 0.522. The molecule has 0 saturated carbocycles. The van der Waals surface area contributed by atoms with Crippen molar-refractivity contribution in [2.24, 2.45) is 0 Å². The first-order valence-electron chi connectivity index (χ1n) is 7.13. The zero-order chi connectivity index (χ0) is 14.9. The van der Waals surface area contributed by atoms with Crippen LogP contribution in [-0.4, -0.2) is 63.9 Å². The number of esters is 1. The summed E-state index contributed by atoms with van der Waals surface area (Å²) in [5, 5.41) is 3.28. The quantitative estimate of drug-likeness (QED) is 0.740. The molecule has 2 rings (SSSR count). The Morgan fingerprint density at radius 2 is 2.05 bits per heavy atom. The van der Waals surface area contributed by atoms with Crippen molar-refractivity contribution in [2.75, 3.05) is 53.0 Å². The van der Waals surface area contributed by atoms with Crippen molar-refractivity contribution in [1.29, 1.82) is 0 Å². The van der Waals surface area contributed by atoms with Gasteiger partial charge in [-0.05, 0) is 12.1 Å². The number of carbonyl (C=O) groups excluding carboxylic acids is 1. The van der Waals surface area contributed by atoms with Crippen LogP contribution in [0.15, 0.2) is 24.3 Å². The van der Waals surface area contributed by atoms with Crippen LogP contribution in [0.5, 0.6) is 11.5 Å². The van der Waals surface area contributed by atoms with Crippen LogP contribution >= 0.6 is 0 Å². The Morgan fingerprint density at radius 1 is 1.29 bits per heavy atom. The summed E-state index contributed by atoms with van der Waals surface area (Å²) in [5.74, 6) is 0.931. The van der Waals surface area contributed by atoms with Gasteiger partial charge in [0.2, 0.25) is 0 Å². The third kappa shape index (κ3) is 5.61. The molecule has 1 aromatic rings. The van der Waals surface area contributed by atoms with Crippen molar-refractivity contribution in [3.05, 3.63) is 24.3 Å². The maximum Gasteiger partial charge on any atom is 0.344 e. The lowest BCUT2D eigenvalue weighted by Crippen LogP contribution is -2.44. The van der Waals surface area contributed by atoms with Gasteiger partial charge in [-0.25, -0.2) is 4.79 Å². The number of methoxy groups -OCH3 is 1. The van der Waals surface area contributed by atoms with Gasteiger partial charge in [0.1, 0.15) is 18.1 Å². The van der Waals surface area contributed by atoms with Crippen molar-refractivity contribution in [1.82, 2.24) is 10.2 Å². The zero-order valence-corrected chi connectivity index (χ0v) is 12.3. The number of hydrogen-bond donors (Lipinski definition) is 1. The Labute approximate surface area is 125 Å². The standard InChI is InChI=1S/C15H22N2O4/c1-19-13-3-2-4-14(11-13)21-12-15(18)20-10-9-17-7-5-16-6-8-17/h2-4,11,16H,5-10,12H2,1H3. The Bertz CT molecular complexity index is 447. The first-order chi connectivity index (χ1) is 10.3. The number of rotatable bonds is 7. The summed E-state index contributed by atoms with van der Waals surface area (Å²) in [6.45, 7) is 5.07. The van der Waals surface area contributed by atoms with Gasteiger partial charge in [-0.2, -0.15) is 0 Å². The van der Waals surface area contributed by atoms with Crippen LogP contribution in [-0.2, 0) is 9.53 Å². The molecule has 1 fully saturated rings. The van der Waals surface area contributed by atoms with Gasteiger partial charge in [0.25, 0.3) is 0 Å². The van der Waals surface area contributed by atoms with E-state index in [2.05, 4.69) is 10.2 Å². The van der Waals surface area contributed by atoms with Gasteiger partial charge < -0.3 is 19.5 Å². The van der Waals surface area contributed by atoms with Crippen LogP contribution in [0.4, 0.5) is 0 Å². The lowest BCUT2D eigenvalue weighted by molar-refractivity contribution is -0.146. The second-order valence-electron chi connectivity index (χ2n) is 4.78. The van der Waals surface area contributed by atoms with Crippen LogP contribution in [0.2, 0.25) is 0 Å². The lowest BCUT2D eigenvalue weighted by Gasteiger charge is -2.26. The molecule has 1 aromatic carbocycles. The van der Waals surface area contributed by atoms with Crippen molar-refractivity contribution < 1.29 is 19.0 Å². The molecule has 6 heteroatoms. The Morgan fingerprint density at radius 3 is 2.81 bits per heavy atom. The number of hydrogen-bond acceptors (Lipinski definition) is 6. The summed E-state index contributed by atoms with van der Waals surface area (Å²) in [7, 11) is 1.59. The van der Waals surface area contributed by atoms with Crippen LogP contribution in [0.25, 0.3) is 0 Å². The molecule has 0 aromatic heterocycles. The summed E-state index contributed by atoms with van der Waals surface area (Å²) in [6, 6.07) is 7.13. The summed E-state index contributed by atoms with van der Waals surface area (Å²) >= 11 is 0. The van der Waals surface area contributed by atoms with Crippen LogP contribution in [0, 0.1) is 0 Å². The highest BCUT2D eigenvalue weighted by atomic mass is 16.6. The molecule has 0 bridgehead atoms. The molecule has 0 radical (unpaired) electrons. The second-order valence-corrected chi connectivity index (χ2v) is 4.78.